The highest BCUT2D eigenvalue weighted by Crippen LogP contribution is 2.41. The molecule has 0 spiro atoms. The number of benzene rings is 11. The molecule has 0 radical (unpaired) electrons. The molecule has 12 aromatic rings. The molecule has 0 N–H and O–H groups in total. The van der Waals surface area contributed by atoms with Crippen LogP contribution in [0.5, 0.6) is 0 Å². The average Bonchev–Trinajstić information content (AvgIpc) is 3.69. The van der Waals surface area contributed by atoms with E-state index >= 15 is 0 Å². The Bertz CT molecular complexity index is 3560. The van der Waals surface area contributed by atoms with Crippen molar-refractivity contribution in [3.63, 3.8) is 0 Å². The summed E-state index contributed by atoms with van der Waals surface area (Å²) in [5.74, 6) is 0. The predicted octanol–water partition coefficient (Wildman–Crippen LogP) is 16.7. The number of fused-ring (bicyclic) bond motifs is 8. The quantitative estimate of drug-likeness (QED) is 0.146. The van der Waals surface area contributed by atoms with E-state index in [0.717, 1.165) is 28.3 Å². The number of nitrogens with zero attached hydrogens (tertiary/aromatic N) is 2. The Hall–Kier alpha value is -8.20. The Balaban J connectivity index is 0.959. The third-order valence-electron chi connectivity index (χ3n) is 12.6. The average molecular weight is 789 g/mol. The van der Waals surface area contributed by atoms with Gasteiger partial charge in [0.05, 0.1) is 16.7 Å². The van der Waals surface area contributed by atoms with Gasteiger partial charge in [-0.2, -0.15) is 0 Å². The standard InChI is InChI=1S/C60H40N2/c1-2-13-41(14-3-1)47-16-12-17-51(39-47)61(49-35-31-42(32-36-49)48-30-27-45-26-29-46-28-25-43-15-4-5-19-53(43)60(46)56(45)40-48)50-37-33-44(34-38-50)52-18-6-9-22-57(52)62-58-23-10-7-20-54(58)55-21-8-11-24-59(55)62/h1-40H. The van der Waals surface area contributed by atoms with E-state index in [0.29, 0.717) is 0 Å². The lowest BCUT2D eigenvalue weighted by Crippen LogP contribution is -2.10. The Morgan fingerprint density at radius 3 is 1.50 bits per heavy atom. The van der Waals surface area contributed by atoms with Gasteiger partial charge in [0.15, 0.2) is 0 Å². The van der Waals surface area contributed by atoms with E-state index in [1.54, 1.807) is 0 Å². The van der Waals surface area contributed by atoms with Crippen LogP contribution in [0.2, 0.25) is 0 Å². The van der Waals surface area contributed by atoms with Crippen molar-refractivity contribution < 1.29 is 0 Å². The molecule has 290 valence electrons. The lowest BCUT2D eigenvalue weighted by molar-refractivity contribution is 1.18. The van der Waals surface area contributed by atoms with E-state index in [4.69, 9.17) is 0 Å². The van der Waals surface area contributed by atoms with Gasteiger partial charge in [0.2, 0.25) is 0 Å². The Morgan fingerprint density at radius 2 is 0.774 bits per heavy atom. The Labute approximate surface area is 360 Å². The van der Waals surface area contributed by atoms with Gasteiger partial charge in [-0.15, -0.1) is 0 Å². The zero-order chi connectivity index (χ0) is 41.0. The molecule has 0 aliphatic heterocycles. The Kier molecular flexibility index (Phi) is 8.53. The first kappa shape index (κ1) is 35.7. The number of hydrogen-bond donors (Lipinski definition) is 0. The van der Waals surface area contributed by atoms with Crippen LogP contribution in [0.25, 0.3) is 93.2 Å². The molecule has 0 bridgehead atoms. The third kappa shape index (κ3) is 6.04. The summed E-state index contributed by atoms with van der Waals surface area (Å²) in [5.41, 5.74) is 14.0. The van der Waals surface area contributed by atoms with Gasteiger partial charge in [0.25, 0.3) is 0 Å². The van der Waals surface area contributed by atoms with Crippen LogP contribution in [0.1, 0.15) is 0 Å². The SMILES string of the molecule is c1ccc(-c2cccc(N(c3ccc(-c4ccc5ccc6ccc7ccccc7c6c5c4)cc3)c3ccc(-c4ccccc4-n4c5ccccc5c5ccccc54)cc3)c2)cc1. The molecule has 0 fully saturated rings. The highest BCUT2D eigenvalue weighted by atomic mass is 15.1. The largest absolute Gasteiger partial charge is 0.310 e. The molecule has 0 atom stereocenters. The van der Waals surface area contributed by atoms with Crippen LogP contribution in [-0.4, -0.2) is 4.57 Å². The van der Waals surface area contributed by atoms with Gasteiger partial charge in [-0.25, -0.2) is 0 Å². The van der Waals surface area contributed by atoms with Crippen LogP contribution >= 0.6 is 0 Å². The normalized spacial score (nSPS) is 11.5. The first-order valence-electron chi connectivity index (χ1n) is 21.3. The topological polar surface area (TPSA) is 8.17 Å². The summed E-state index contributed by atoms with van der Waals surface area (Å²) in [4.78, 5) is 2.37. The summed E-state index contributed by atoms with van der Waals surface area (Å²) >= 11 is 0. The molecule has 0 amide bonds. The molecule has 11 aromatic carbocycles. The van der Waals surface area contributed by atoms with Gasteiger partial charge in [-0.3, -0.25) is 0 Å². The van der Waals surface area contributed by atoms with Crippen LogP contribution in [0, 0.1) is 0 Å². The van der Waals surface area contributed by atoms with Crippen molar-refractivity contribution in [1.82, 2.24) is 4.57 Å². The van der Waals surface area contributed by atoms with Crippen molar-refractivity contribution in [3.8, 4) is 39.1 Å². The molecule has 62 heavy (non-hydrogen) atoms. The minimum absolute atomic E-state index is 1.09. The number of aromatic nitrogens is 1. The molecule has 2 heteroatoms. The van der Waals surface area contributed by atoms with Crippen LogP contribution in [0.15, 0.2) is 243 Å². The summed E-state index contributed by atoms with van der Waals surface area (Å²) in [5, 5.41) is 10.2. The van der Waals surface area contributed by atoms with Gasteiger partial charge < -0.3 is 9.47 Å². The van der Waals surface area contributed by atoms with Crippen molar-refractivity contribution >= 4 is 71.2 Å². The number of anilines is 3. The third-order valence-corrected chi connectivity index (χ3v) is 12.6. The van der Waals surface area contributed by atoms with Gasteiger partial charge in [-0.05, 0) is 121 Å². The summed E-state index contributed by atoms with van der Waals surface area (Å²) in [7, 11) is 0. The maximum absolute atomic E-state index is 2.41. The first-order chi connectivity index (χ1) is 30.7. The second-order valence-corrected chi connectivity index (χ2v) is 16.1. The smallest absolute Gasteiger partial charge is 0.0541 e. The maximum Gasteiger partial charge on any atom is 0.0541 e. The molecule has 1 aromatic heterocycles. The lowest BCUT2D eigenvalue weighted by atomic mass is 9.94. The molecule has 12 rings (SSSR count). The summed E-state index contributed by atoms with van der Waals surface area (Å²) in [6.45, 7) is 0. The Morgan fingerprint density at radius 1 is 0.274 bits per heavy atom. The molecular weight excluding hydrogens is 749 g/mol. The summed E-state index contributed by atoms with van der Waals surface area (Å²) < 4.78 is 2.41. The van der Waals surface area contributed by atoms with Crippen LogP contribution in [0.3, 0.4) is 0 Å². The van der Waals surface area contributed by atoms with Crippen LogP contribution < -0.4 is 4.90 Å². The molecule has 0 unspecified atom stereocenters. The van der Waals surface area contributed by atoms with Crippen LogP contribution in [-0.2, 0) is 0 Å². The van der Waals surface area contributed by atoms with Gasteiger partial charge in [0, 0.05) is 33.4 Å². The zero-order valence-corrected chi connectivity index (χ0v) is 34.0. The fraction of sp³-hybridized carbons (Fsp3) is 0. The fourth-order valence-electron chi connectivity index (χ4n) is 9.60. The van der Waals surface area contributed by atoms with E-state index in [1.807, 2.05) is 0 Å². The molecule has 0 aliphatic rings. The van der Waals surface area contributed by atoms with Crippen LogP contribution in [0.4, 0.5) is 17.1 Å². The molecule has 0 saturated carbocycles. The second-order valence-electron chi connectivity index (χ2n) is 16.1. The zero-order valence-electron chi connectivity index (χ0n) is 34.0. The van der Waals surface area contributed by atoms with Gasteiger partial charge in [0.1, 0.15) is 0 Å². The van der Waals surface area contributed by atoms with Gasteiger partial charge in [-0.1, -0.05) is 182 Å². The number of rotatable bonds is 7. The van der Waals surface area contributed by atoms with Crippen molar-refractivity contribution in [2.24, 2.45) is 0 Å². The number of para-hydroxylation sites is 3. The van der Waals surface area contributed by atoms with Gasteiger partial charge >= 0.3 is 0 Å². The number of hydrogen-bond acceptors (Lipinski definition) is 1. The van der Waals surface area contributed by atoms with E-state index in [9.17, 15) is 0 Å². The molecule has 2 nitrogen and oxygen atoms in total. The minimum atomic E-state index is 1.09. The van der Waals surface area contributed by atoms with E-state index in [1.165, 1.54) is 81.9 Å². The fourth-order valence-corrected chi connectivity index (χ4v) is 9.60. The van der Waals surface area contributed by atoms with Crippen molar-refractivity contribution in [2.45, 2.75) is 0 Å². The van der Waals surface area contributed by atoms with E-state index in [2.05, 4.69) is 252 Å². The van der Waals surface area contributed by atoms with E-state index in [-0.39, 0.29) is 0 Å². The maximum atomic E-state index is 2.41. The molecular formula is C60H40N2. The lowest BCUT2D eigenvalue weighted by Gasteiger charge is -2.26. The summed E-state index contributed by atoms with van der Waals surface area (Å²) in [6.07, 6.45) is 0. The molecule has 1 heterocycles. The highest BCUT2D eigenvalue weighted by Gasteiger charge is 2.18. The monoisotopic (exact) mass is 788 g/mol. The molecule has 0 saturated heterocycles. The van der Waals surface area contributed by atoms with Crippen molar-refractivity contribution in [3.05, 3.63) is 243 Å². The van der Waals surface area contributed by atoms with Crippen molar-refractivity contribution in [2.75, 3.05) is 4.90 Å². The summed E-state index contributed by atoms with van der Waals surface area (Å²) in [6, 6.07) is 88.4. The second kappa shape index (κ2) is 14.8. The van der Waals surface area contributed by atoms with Crippen molar-refractivity contribution in [1.29, 1.82) is 0 Å². The highest BCUT2D eigenvalue weighted by molar-refractivity contribution is 6.20. The minimum Gasteiger partial charge on any atom is -0.310 e. The molecule has 0 aliphatic carbocycles. The van der Waals surface area contributed by atoms with E-state index < -0.39 is 0 Å². The predicted molar refractivity (Wildman–Crippen MR) is 264 cm³/mol. The first-order valence-corrected chi connectivity index (χ1v) is 21.3.